The van der Waals surface area contributed by atoms with Crippen LogP contribution in [0.5, 0.6) is 11.5 Å². The molecule has 108 valence electrons. The molecule has 2 heterocycles. The van der Waals surface area contributed by atoms with E-state index in [1.54, 1.807) is 11.9 Å². The molecule has 0 aliphatic carbocycles. The molecule has 6 heteroatoms. The predicted molar refractivity (Wildman–Crippen MR) is 75.4 cm³/mol. The summed E-state index contributed by atoms with van der Waals surface area (Å²) < 4.78 is 10.6. The van der Waals surface area contributed by atoms with Gasteiger partial charge in [0.2, 0.25) is 12.4 Å². The smallest absolute Gasteiger partial charge is 0.255 e. The van der Waals surface area contributed by atoms with Crippen LogP contribution in [0.1, 0.15) is 15.9 Å². The van der Waals surface area contributed by atoms with E-state index in [0.717, 1.165) is 5.56 Å². The molecule has 0 atom stereocenters. The zero-order valence-electron chi connectivity index (χ0n) is 11.5. The van der Waals surface area contributed by atoms with Gasteiger partial charge in [-0.15, -0.1) is 0 Å². The number of hydrogen-bond donors (Lipinski definition) is 1. The highest BCUT2D eigenvalue weighted by atomic mass is 16.7. The summed E-state index contributed by atoms with van der Waals surface area (Å²) in [4.78, 5) is 27.3. The summed E-state index contributed by atoms with van der Waals surface area (Å²) in [5.74, 6) is 1.25. The third-order valence-electron chi connectivity index (χ3n) is 3.23. The molecule has 1 aliphatic heterocycles. The molecule has 0 saturated heterocycles. The van der Waals surface area contributed by atoms with Gasteiger partial charge in [0, 0.05) is 25.9 Å². The maximum absolute atomic E-state index is 12.2. The number of H-pyrrole nitrogens is 1. The fourth-order valence-corrected chi connectivity index (χ4v) is 2.15. The molecule has 0 unspecified atom stereocenters. The number of aromatic amines is 1. The molecule has 0 bridgehead atoms. The van der Waals surface area contributed by atoms with Gasteiger partial charge in [-0.3, -0.25) is 9.59 Å². The van der Waals surface area contributed by atoms with Crippen LogP contribution in [0.25, 0.3) is 0 Å². The Balaban J connectivity index is 1.73. The zero-order valence-corrected chi connectivity index (χ0v) is 11.5. The number of nitrogens with one attached hydrogen (secondary N) is 1. The van der Waals surface area contributed by atoms with E-state index < -0.39 is 0 Å². The lowest BCUT2D eigenvalue weighted by Gasteiger charge is -2.17. The monoisotopic (exact) mass is 286 g/mol. The van der Waals surface area contributed by atoms with Crippen molar-refractivity contribution >= 4 is 5.91 Å². The van der Waals surface area contributed by atoms with Gasteiger partial charge in [0.25, 0.3) is 5.91 Å². The van der Waals surface area contributed by atoms with Crippen molar-refractivity contribution in [3.63, 3.8) is 0 Å². The molecule has 1 aliphatic rings. The van der Waals surface area contributed by atoms with Gasteiger partial charge in [0.15, 0.2) is 11.5 Å². The molecule has 21 heavy (non-hydrogen) atoms. The first-order chi connectivity index (χ1) is 10.1. The fraction of sp³-hybridized carbons (Fsp3) is 0.200. The summed E-state index contributed by atoms with van der Waals surface area (Å²) in [5.41, 5.74) is 1.15. The van der Waals surface area contributed by atoms with Crippen molar-refractivity contribution in [2.45, 2.75) is 6.54 Å². The number of pyridine rings is 1. The number of amides is 1. The van der Waals surface area contributed by atoms with Gasteiger partial charge in [0.1, 0.15) is 0 Å². The number of aromatic nitrogens is 1. The predicted octanol–water partition coefficient (Wildman–Crippen LogP) is 1.38. The normalized spacial score (nSPS) is 12.2. The minimum atomic E-state index is -0.232. The molecule has 2 aromatic rings. The number of nitrogens with zero attached hydrogens (tertiary/aromatic N) is 1. The van der Waals surface area contributed by atoms with Crippen LogP contribution in [0.4, 0.5) is 0 Å². The van der Waals surface area contributed by atoms with Crippen LogP contribution in [-0.2, 0) is 6.54 Å². The van der Waals surface area contributed by atoms with Gasteiger partial charge in [-0.25, -0.2) is 0 Å². The lowest BCUT2D eigenvalue weighted by Crippen LogP contribution is -2.26. The van der Waals surface area contributed by atoms with Gasteiger partial charge in [-0.1, -0.05) is 6.07 Å². The highest BCUT2D eigenvalue weighted by molar-refractivity contribution is 5.93. The van der Waals surface area contributed by atoms with Crippen LogP contribution in [0, 0.1) is 0 Å². The van der Waals surface area contributed by atoms with Crippen molar-refractivity contribution in [2.24, 2.45) is 0 Å². The van der Waals surface area contributed by atoms with E-state index >= 15 is 0 Å². The van der Waals surface area contributed by atoms with Crippen molar-refractivity contribution in [1.82, 2.24) is 9.88 Å². The maximum Gasteiger partial charge on any atom is 0.255 e. The van der Waals surface area contributed by atoms with E-state index in [-0.39, 0.29) is 18.3 Å². The lowest BCUT2D eigenvalue weighted by atomic mass is 10.1. The Morgan fingerprint density at radius 2 is 2.05 bits per heavy atom. The van der Waals surface area contributed by atoms with Gasteiger partial charge in [-0.05, 0) is 23.8 Å². The minimum absolute atomic E-state index is 0.163. The number of rotatable bonds is 3. The molecule has 0 spiro atoms. The molecule has 3 rings (SSSR count). The number of carbonyl (C=O) groups is 1. The van der Waals surface area contributed by atoms with Crippen LogP contribution in [0.3, 0.4) is 0 Å². The van der Waals surface area contributed by atoms with Crippen molar-refractivity contribution in [3.8, 4) is 11.5 Å². The maximum atomic E-state index is 12.2. The van der Waals surface area contributed by atoms with Crippen LogP contribution < -0.4 is 15.0 Å². The Labute approximate surface area is 120 Å². The number of carbonyl (C=O) groups excluding carboxylic acids is 1. The van der Waals surface area contributed by atoms with E-state index in [4.69, 9.17) is 9.47 Å². The van der Waals surface area contributed by atoms with Crippen molar-refractivity contribution < 1.29 is 14.3 Å². The Hall–Kier alpha value is -2.76. The van der Waals surface area contributed by atoms with Crippen LogP contribution in [0.15, 0.2) is 41.3 Å². The van der Waals surface area contributed by atoms with Crippen LogP contribution >= 0.6 is 0 Å². The van der Waals surface area contributed by atoms with Crippen LogP contribution in [-0.4, -0.2) is 29.6 Å². The highest BCUT2D eigenvalue weighted by Gasteiger charge is 2.16. The lowest BCUT2D eigenvalue weighted by molar-refractivity contribution is 0.0784. The summed E-state index contributed by atoms with van der Waals surface area (Å²) in [7, 11) is 1.71. The molecular weight excluding hydrogens is 272 g/mol. The first kappa shape index (κ1) is 13.2. The second kappa shape index (κ2) is 5.32. The van der Waals surface area contributed by atoms with Crippen molar-refractivity contribution in [3.05, 3.63) is 58.0 Å². The zero-order chi connectivity index (χ0) is 14.8. The van der Waals surface area contributed by atoms with E-state index in [9.17, 15) is 9.59 Å². The van der Waals surface area contributed by atoms with Gasteiger partial charge >= 0.3 is 0 Å². The largest absolute Gasteiger partial charge is 0.454 e. The summed E-state index contributed by atoms with van der Waals surface area (Å²) in [5, 5.41) is 0. The van der Waals surface area contributed by atoms with Gasteiger partial charge in [-0.2, -0.15) is 0 Å². The molecule has 1 N–H and O–H groups in total. The highest BCUT2D eigenvalue weighted by Crippen LogP contribution is 2.32. The summed E-state index contributed by atoms with van der Waals surface area (Å²) in [6, 6.07) is 8.43. The standard InChI is InChI=1S/C15H14N2O4/c1-17(15(19)11-3-5-14(18)16-7-11)8-10-2-4-12-13(6-10)21-9-20-12/h2-7H,8-9H2,1H3,(H,16,18). The third kappa shape index (κ3) is 2.74. The number of benzene rings is 1. The van der Waals surface area contributed by atoms with E-state index in [1.165, 1.54) is 18.3 Å². The van der Waals surface area contributed by atoms with E-state index in [0.29, 0.717) is 23.6 Å². The second-order valence-corrected chi connectivity index (χ2v) is 4.79. The van der Waals surface area contributed by atoms with Crippen LogP contribution in [0.2, 0.25) is 0 Å². The van der Waals surface area contributed by atoms with E-state index in [1.807, 2.05) is 18.2 Å². The van der Waals surface area contributed by atoms with Crippen molar-refractivity contribution in [1.29, 1.82) is 0 Å². The summed E-state index contributed by atoms with van der Waals surface area (Å²) >= 11 is 0. The van der Waals surface area contributed by atoms with E-state index in [2.05, 4.69) is 4.98 Å². The molecule has 0 saturated carbocycles. The molecule has 1 amide bonds. The number of hydrogen-bond acceptors (Lipinski definition) is 4. The topological polar surface area (TPSA) is 71.6 Å². The molecule has 0 fully saturated rings. The van der Waals surface area contributed by atoms with Gasteiger partial charge < -0.3 is 19.4 Å². The first-order valence-electron chi connectivity index (χ1n) is 6.46. The Morgan fingerprint density at radius 1 is 1.24 bits per heavy atom. The molecule has 6 nitrogen and oxygen atoms in total. The quantitative estimate of drug-likeness (QED) is 0.925. The SMILES string of the molecule is CN(Cc1ccc2c(c1)OCO2)C(=O)c1ccc(=O)[nH]c1. The summed E-state index contributed by atoms with van der Waals surface area (Å²) in [6.07, 6.45) is 1.42. The van der Waals surface area contributed by atoms with Gasteiger partial charge in [0.05, 0.1) is 5.56 Å². The second-order valence-electron chi connectivity index (χ2n) is 4.79. The number of ether oxygens (including phenoxy) is 2. The fourth-order valence-electron chi connectivity index (χ4n) is 2.15. The first-order valence-corrected chi connectivity index (χ1v) is 6.46. The number of fused-ring (bicyclic) bond motifs is 1. The Bertz CT molecular complexity index is 718. The molecular formula is C15H14N2O4. The molecule has 1 aromatic heterocycles. The summed E-state index contributed by atoms with van der Waals surface area (Å²) in [6.45, 7) is 0.666. The average Bonchev–Trinajstić information content (AvgIpc) is 2.95. The Morgan fingerprint density at radius 3 is 2.81 bits per heavy atom. The molecule has 0 radical (unpaired) electrons. The Kier molecular flexibility index (Phi) is 3.35. The van der Waals surface area contributed by atoms with Crippen molar-refractivity contribution in [2.75, 3.05) is 13.8 Å². The average molecular weight is 286 g/mol. The molecule has 1 aromatic carbocycles. The third-order valence-corrected chi connectivity index (χ3v) is 3.23. The minimum Gasteiger partial charge on any atom is -0.454 e.